The number of hydrogen-bond donors (Lipinski definition) is 1. The van der Waals surface area contributed by atoms with Crippen molar-refractivity contribution in [2.24, 2.45) is 0 Å². The van der Waals surface area contributed by atoms with Crippen LogP contribution in [0.15, 0.2) is 52.9 Å². The van der Waals surface area contributed by atoms with Crippen molar-refractivity contribution >= 4 is 28.5 Å². The molecular weight excluding hydrogens is 322 g/mol. The molecule has 2 aromatic carbocycles. The van der Waals surface area contributed by atoms with E-state index in [9.17, 15) is 9.59 Å². The van der Waals surface area contributed by atoms with Gasteiger partial charge in [-0.05, 0) is 30.3 Å². The van der Waals surface area contributed by atoms with Crippen LogP contribution < -0.4 is 10.1 Å². The molecule has 1 aromatic heterocycles. The summed E-state index contributed by atoms with van der Waals surface area (Å²) in [6, 6.07) is 13.9. The Morgan fingerprint density at radius 2 is 1.80 bits per heavy atom. The Morgan fingerprint density at radius 1 is 1.08 bits per heavy atom. The van der Waals surface area contributed by atoms with Crippen molar-refractivity contribution in [3.05, 3.63) is 59.9 Å². The molecular formula is C19H17NO5. The standard InChI is InChI=1S/C19H17NO5/c1-12(21)20-13-7-9-14(10-8-13)24-19(22)18-16(11-23-2)15-5-3-4-6-17(15)25-18/h3-10H,11H2,1-2H3,(H,20,21). The van der Waals surface area contributed by atoms with Gasteiger partial charge in [-0.1, -0.05) is 18.2 Å². The maximum Gasteiger partial charge on any atom is 0.380 e. The van der Waals surface area contributed by atoms with Gasteiger partial charge in [-0.3, -0.25) is 4.79 Å². The van der Waals surface area contributed by atoms with E-state index in [2.05, 4.69) is 5.32 Å². The molecule has 3 rings (SSSR count). The monoisotopic (exact) mass is 339 g/mol. The zero-order valence-corrected chi connectivity index (χ0v) is 13.9. The highest BCUT2D eigenvalue weighted by Gasteiger charge is 2.22. The van der Waals surface area contributed by atoms with Gasteiger partial charge >= 0.3 is 5.97 Å². The molecule has 0 radical (unpaired) electrons. The smallest absolute Gasteiger partial charge is 0.380 e. The third-order valence-electron chi connectivity index (χ3n) is 3.56. The minimum Gasteiger partial charge on any atom is -0.449 e. The van der Waals surface area contributed by atoms with Crippen LogP contribution in [0, 0.1) is 0 Å². The van der Waals surface area contributed by atoms with Gasteiger partial charge in [0, 0.05) is 30.7 Å². The molecule has 6 heteroatoms. The quantitative estimate of drug-likeness (QED) is 0.566. The van der Waals surface area contributed by atoms with Crippen LogP contribution in [0.1, 0.15) is 23.0 Å². The number of benzene rings is 2. The first-order valence-corrected chi connectivity index (χ1v) is 7.67. The van der Waals surface area contributed by atoms with Crippen LogP contribution >= 0.6 is 0 Å². The number of carbonyl (C=O) groups excluding carboxylic acids is 2. The molecule has 0 fully saturated rings. The second-order valence-corrected chi connectivity index (χ2v) is 5.43. The number of esters is 1. The fraction of sp³-hybridized carbons (Fsp3) is 0.158. The van der Waals surface area contributed by atoms with E-state index in [1.165, 1.54) is 6.92 Å². The van der Waals surface area contributed by atoms with Gasteiger partial charge in [0.25, 0.3) is 0 Å². The van der Waals surface area contributed by atoms with Crippen LogP contribution in [0.3, 0.4) is 0 Å². The number of fused-ring (bicyclic) bond motifs is 1. The molecule has 0 aliphatic heterocycles. The molecule has 0 spiro atoms. The molecule has 0 saturated carbocycles. The molecule has 0 bridgehead atoms. The average molecular weight is 339 g/mol. The lowest BCUT2D eigenvalue weighted by molar-refractivity contribution is -0.114. The van der Waals surface area contributed by atoms with E-state index in [0.717, 1.165) is 5.39 Å². The fourth-order valence-electron chi connectivity index (χ4n) is 2.51. The number of amides is 1. The highest BCUT2D eigenvalue weighted by Crippen LogP contribution is 2.28. The number of carbonyl (C=O) groups is 2. The van der Waals surface area contributed by atoms with Crippen molar-refractivity contribution in [1.29, 1.82) is 0 Å². The molecule has 0 unspecified atom stereocenters. The predicted octanol–water partition coefficient (Wildman–Crippen LogP) is 3.76. The number of furan rings is 1. The van der Waals surface area contributed by atoms with E-state index < -0.39 is 5.97 Å². The Balaban J connectivity index is 1.84. The maximum atomic E-state index is 12.5. The van der Waals surface area contributed by atoms with Gasteiger partial charge in [0.15, 0.2) is 0 Å². The number of para-hydroxylation sites is 1. The maximum absolute atomic E-state index is 12.5. The van der Waals surface area contributed by atoms with Gasteiger partial charge in [0.1, 0.15) is 11.3 Å². The number of rotatable bonds is 5. The summed E-state index contributed by atoms with van der Waals surface area (Å²) < 4.78 is 16.2. The van der Waals surface area contributed by atoms with Crippen LogP contribution in [-0.4, -0.2) is 19.0 Å². The normalized spacial score (nSPS) is 10.6. The molecule has 3 aromatic rings. The molecule has 0 aliphatic carbocycles. The molecule has 1 amide bonds. The molecule has 1 heterocycles. The first-order valence-electron chi connectivity index (χ1n) is 7.67. The van der Waals surface area contributed by atoms with E-state index in [0.29, 0.717) is 22.6 Å². The lowest BCUT2D eigenvalue weighted by Gasteiger charge is -2.06. The summed E-state index contributed by atoms with van der Waals surface area (Å²) in [6.07, 6.45) is 0. The third-order valence-corrected chi connectivity index (χ3v) is 3.56. The van der Waals surface area contributed by atoms with Crippen LogP contribution in [0.25, 0.3) is 11.0 Å². The molecule has 25 heavy (non-hydrogen) atoms. The highest BCUT2D eigenvalue weighted by atomic mass is 16.5. The molecule has 0 saturated heterocycles. The minimum atomic E-state index is -0.601. The van der Waals surface area contributed by atoms with Gasteiger partial charge in [-0.2, -0.15) is 0 Å². The van der Waals surface area contributed by atoms with E-state index in [4.69, 9.17) is 13.9 Å². The Hall–Kier alpha value is -3.12. The van der Waals surface area contributed by atoms with Crippen LogP contribution in [0.4, 0.5) is 5.69 Å². The topological polar surface area (TPSA) is 77.8 Å². The lowest BCUT2D eigenvalue weighted by Crippen LogP contribution is -2.10. The summed E-state index contributed by atoms with van der Waals surface area (Å²) in [4.78, 5) is 23.5. The average Bonchev–Trinajstić information content (AvgIpc) is 2.96. The van der Waals surface area contributed by atoms with E-state index in [1.54, 1.807) is 37.4 Å². The van der Waals surface area contributed by atoms with Gasteiger partial charge in [-0.15, -0.1) is 0 Å². The fourth-order valence-corrected chi connectivity index (χ4v) is 2.51. The van der Waals surface area contributed by atoms with Crippen molar-refractivity contribution in [2.45, 2.75) is 13.5 Å². The van der Waals surface area contributed by atoms with Crippen LogP contribution in [0.2, 0.25) is 0 Å². The summed E-state index contributed by atoms with van der Waals surface area (Å²) in [7, 11) is 1.55. The first-order chi connectivity index (χ1) is 12.1. The first kappa shape index (κ1) is 16.7. The summed E-state index contributed by atoms with van der Waals surface area (Å²) in [5, 5.41) is 3.46. The zero-order valence-electron chi connectivity index (χ0n) is 13.9. The van der Waals surface area contributed by atoms with Gasteiger partial charge in [-0.25, -0.2) is 4.79 Å². The molecule has 0 aliphatic rings. The Morgan fingerprint density at radius 3 is 2.48 bits per heavy atom. The second kappa shape index (κ2) is 7.19. The third kappa shape index (κ3) is 3.70. The second-order valence-electron chi connectivity index (χ2n) is 5.43. The van der Waals surface area contributed by atoms with Crippen molar-refractivity contribution in [2.75, 3.05) is 12.4 Å². The molecule has 128 valence electrons. The van der Waals surface area contributed by atoms with Gasteiger partial charge < -0.3 is 19.2 Å². The molecule has 0 atom stereocenters. The number of methoxy groups -OCH3 is 1. The number of nitrogens with one attached hydrogen (secondary N) is 1. The Labute approximate surface area is 144 Å². The summed E-state index contributed by atoms with van der Waals surface area (Å²) in [5.41, 5.74) is 1.87. The van der Waals surface area contributed by atoms with Crippen molar-refractivity contribution in [3.63, 3.8) is 0 Å². The van der Waals surface area contributed by atoms with Gasteiger partial charge in [0.05, 0.1) is 6.61 Å². The minimum absolute atomic E-state index is 0.119. The zero-order chi connectivity index (χ0) is 17.8. The van der Waals surface area contributed by atoms with E-state index in [1.807, 2.05) is 18.2 Å². The predicted molar refractivity (Wildman–Crippen MR) is 92.6 cm³/mol. The SMILES string of the molecule is COCc1c(C(=O)Oc2ccc(NC(C)=O)cc2)oc2ccccc12. The molecule has 6 nitrogen and oxygen atoms in total. The van der Waals surface area contributed by atoms with Crippen LogP contribution in [0.5, 0.6) is 5.75 Å². The highest BCUT2D eigenvalue weighted by molar-refractivity contribution is 5.97. The van der Waals surface area contributed by atoms with Crippen molar-refractivity contribution in [3.8, 4) is 5.75 Å². The lowest BCUT2D eigenvalue weighted by atomic mass is 10.1. The largest absolute Gasteiger partial charge is 0.449 e. The Bertz CT molecular complexity index is 911. The summed E-state index contributed by atoms with van der Waals surface area (Å²) in [5.74, 6) is -0.302. The van der Waals surface area contributed by atoms with Gasteiger partial charge in [0.2, 0.25) is 11.7 Å². The number of anilines is 1. The van der Waals surface area contributed by atoms with E-state index >= 15 is 0 Å². The number of hydrogen-bond acceptors (Lipinski definition) is 5. The summed E-state index contributed by atoms with van der Waals surface area (Å²) in [6.45, 7) is 1.66. The number of ether oxygens (including phenoxy) is 2. The molecule has 1 N–H and O–H groups in total. The van der Waals surface area contributed by atoms with Crippen LogP contribution in [-0.2, 0) is 16.1 Å². The Kier molecular flexibility index (Phi) is 4.81. The van der Waals surface area contributed by atoms with Crippen molar-refractivity contribution < 1.29 is 23.5 Å². The van der Waals surface area contributed by atoms with Crippen molar-refractivity contribution in [1.82, 2.24) is 0 Å². The van der Waals surface area contributed by atoms with E-state index in [-0.39, 0.29) is 18.3 Å². The summed E-state index contributed by atoms with van der Waals surface area (Å²) >= 11 is 0.